The number of nitrogen functional groups attached to an aromatic ring is 1. The molecule has 0 spiro atoms. The van der Waals surface area contributed by atoms with Gasteiger partial charge in [0.1, 0.15) is 0 Å². The Labute approximate surface area is 158 Å². The summed E-state index contributed by atoms with van der Waals surface area (Å²) in [5.74, 6) is 1.38. The van der Waals surface area contributed by atoms with Gasteiger partial charge >= 0.3 is 0 Å². The topological polar surface area (TPSA) is 81.2 Å². The van der Waals surface area contributed by atoms with Crippen LogP contribution in [0.25, 0.3) is 17.1 Å². The Kier molecular flexibility index (Phi) is 4.68. The van der Waals surface area contributed by atoms with Gasteiger partial charge in [-0.2, -0.15) is 5.10 Å². The van der Waals surface area contributed by atoms with Crippen LogP contribution in [-0.2, 0) is 4.74 Å². The van der Waals surface area contributed by atoms with Crippen molar-refractivity contribution < 1.29 is 4.74 Å². The molecule has 0 unspecified atom stereocenters. The lowest BCUT2D eigenvalue weighted by atomic mass is 10.1. The van der Waals surface area contributed by atoms with Crippen LogP contribution < -0.4 is 16.0 Å². The molecule has 0 amide bonds. The highest BCUT2D eigenvalue weighted by molar-refractivity contribution is 5.80. The number of morpholine rings is 1. The molecule has 4 rings (SSSR count). The summed E-state index contributed by atoms with van der Waals surface area (Å²) in [5.41, 5.74) is 11.2. The number of anilines is 3. The largest absolute Gasteiger partial charge is 0.394 e. The highest BCUT2D eigenvalue weighted by atomic mass is 16.5. The van der Waals surface area contributed by atoms with Gasteiger partial charge in [0.15, 0.2) is 11.6 Å². The van der Waals surface area contributed by atoms with E-state index >= 15 is 0 Å². The first-order valence-electron chi connectivity index (χ1n) is 9.10. The first-order valence-corrected chi connectivity index (χ1v) is 9.10. The van der Waals surface area contributed by atoms with Gasteiger partial charge in [-0.15, -0.1) is 0 Å². The molecule has 1 aliphatic heterocycles. The van der Waals surface area contributed by atoms with Crippen molar-refractivity contribution in [2.24, 2.45) is 0 Å². The Hall–Kier alpha value is -3.06. The molecule has 7 heteroatoms. The predicted molar refractivity (Wildman–Crippen MR) is 109 cm³/mol. The number of nitrogens with one attached hydrogen (secondary N) is 1. The third kappa shape index (κ3) is 3.46. The summed E-state index contributed by atoms with van der Waals surface area (Å²) < 4.78 is 7.26. The zero-order valence-corrected chi connectivity index (χ0v) is 15.6. The Morgan fingerprint density at radius 3 is 2.70 bits per heavy atom. The van der Waals surface area contributed by atoms with Crippen LogP contribution in [0.15, 0.2) is 42.6 Å². The molecule has 27 heavy (non-hydrogen) atoms. The first-order chi connectivity index (χ1) is 13.2. The molecule has 140 valence electrons. The maximum Gasteiger partial charge on any atom is 0.157 e. The van der Waals surface area contributed by atoms with Gasteiger partial charge in [-0.05, 0) is 19.1 Å². The number of hydrogen-bond donors (Lipinski definition) is 2. The van der Waals surface area contributed by atoms with Crippen LogP contribution >= 0.6 is 0 Å². The molecule has 3 aromatic rings. The Morgan fingerprint density at radius 1 is 1.15 bits per heavy atom. The number of aryl methyl sites for hydroxylation is 1. The Balaban J connectivity index is 1.73. The molecular formula is C20H24N6O. The Morgan fingerprint density at radius 2 is 1.96 bits per heavy atom. The van der Waals surface area contributed by atoms with E-state index in [1.165, 1.54) is 5.56 Å². The number of nitrogens with two attached hydrogens (primary N) is 1. The van der Waals surface area contributed by atoms with Gasteiger partial charge in [-0.1, -0.05) is 23.8 Å². The standard InChI is InChI=1S/C20H24N6O/c1-14-4-3-5-15(12-14)16-6-7-26(24-16)18-13-17(19(21)20(22-2)23-18)25-8-10-27-11-9-25/h3-7,12-13H,8-11,21H2,1-2H3,(H,22,23). The van der Waals surface area contributed by atoms with E-state index in [-0.39, 0.29) is 0 Å². The fraction of sp³-hybridized carbons (Fsp3) is 0.300. The normalized spacial score (nSPS) is 14.4. The maximum atomic E-state index is 6.35. The molecule has 3 heterocycles. The average molecular weight is 364 g/mol. The number of ether oxygens (including phenoxy) is 1. The quantitative estimate of drug-likeness (QED) is 0.741. The molecule has 1 saturated heterocycles. The van der Waals surface area contributed by atoms with Gasteiger partial charge in [0, 0.05) is 38.0 Å². The molecule has 1 fully saturated rings. The SMILES string of the molecule is CNc1nc(-n2ccc(-c3cccc(C)c3)n2)cc(N2CCOCC2)c1N. The van der Waals surface area contributed by atoms with E-state index in [2.05, 4.69) is 40.3 Å². The van der Waals surface area contributed by atoms with Gasteiger partial charge < -0.3 is 20.7 Å². The van der Waals surface area contributed by atoms with Crippen molar-refractivity contribution in [2.45, 2.75) is 6.92 Å². The summed E-state index contributed by atoms with van der Waals surface area (Å²) in [6, 6.07) is 12.3. The molecule has 0 bridgehead atoms. The zero-order valence-electron chi connectivity index (χ0n) is 15.6. The number of aromatic nitrogens is 3. The van der Waals surface area contributed by atoms with Crippen LogP contribution in [-0.4, -0.2) is 48.1 Å². The number of pyridine rings is 1. The van der Waals surface area contributed by atoms with Crippen LogP contribution in [0.5, 0.6) is 0 Å². The molecule has 0 atom stereocenters. The molecule has 2 aromatic heterocycles. The minimum atomic E-state index is 0.647. The van der Waals surface area contributed by atoms with E-state index in [1.54, 1.807) is 4.68 Å². The van der Waals surface area contributed by atoms with E-state index in [9.17, 15) is 0 Å². The molecule has 0 aliphatic carbocycles. The van der Waals surface area contributed by atoms with Crippen LogP contribution in [0, 0.1) is 6.92 Å². The molecule has 3 N–H and O–H groups in total. The molecular weight excluding hydrogens is 340 g/mol. The third-order valence-electron chi connectivity index (χ3n) is 4.75. The van der Waals surface area contributed by atoms with Gasteiger partial charge in [0.25, 0.3) is 0 Å². The molecule has 0 radical (unpaired) electrons. The smallest absolute Gasteiger partial charge is 0.157 e. The second-order valence-corrected chi connectivity index (χ2v) is 6.63. The van der Waals surface area contributed by atoms with Crippen LogP contribution in [0.4, 0.5) is 17.2 Å². The van der Waals surface area contributed by atoms with Crippen molar-refractivity contribution in [3.63, 3.8) is 0 Å². The summed E-state index contributed by atoms with van der Waals surface area (Å²) in [5, 5.41) is 7.82. The van der Waals surface area contributed by atoms with Gasteiger partial charge in [-0.25, -0.2) is 9.67 Å². The van der Waals surface area contributed by atoms with E-state index in [0.717, 1.165) is 35.9 Å². The summed E-state index contributed by atoms with van der Waals surface area (Å²) in [6.07, 6.45) is 1.93. The molecule has 1 aromatic carbocycles. The molecule has 0 saturated carbocycles. The van der Waals surface area contributed by atoms with Gasteiger partial charge in [-0.3, -0.25) is 0 Å². The van der Waals surface area contributed by atoms with E-state index in [1.807, 2.05) is 31.4 Å². The highest BCUT2D eigenvalue weighted by Gasteiger charge is 2.19. The van der Waals surface area contributed by atoms with E-state index < -0.39 is 0 Å². The summed E-state index contributed by atoms with van der Waals surface area (Å²) in [6.45, 7) is 5.10. The monoisotopic (exact) mass is 364 g/mol. The van der Waals surface area contributed by atoms with Crippen LogP contribution in [0.1, 0.15) is 5.56 Å². The maximum absolute atomic E-state index is 6.35. The fourth-order valence-electron chi connectivity index (χ4n) is 3.31. The number of nitrogens with zero attached hydrogens (tertiary/aromatic N) is 4. The molecule has 1 aliphatic rings. The lowest BCUT2D eigenvalue weighted by Crippen LogP contribution is -2.36. The number of rotatable bonds is 4. The Bertz CT molecular complexity index is 945. The van der Waals surface area contributed by atoms with Crippen molar-refractivity contribution >= 4 is 17.2 Å². The number of hydrogen-bond acceptors (Lipinski definition) is 6. The van der Waals surface area contributed by atoms with Crippen molar-refractivity contribution in [3.8, 4) is 17.1 Å². The summed E-state index contributed by atoms with van der Waals surface area (Å²) in [7, 11) is 1.83. The number of benzene rings is 1. The zero-order chi connectivity index (χ0) is 18.8. The van der Waals surface area contributed by atoms with E-state index in [0.29, 0.717) is 24.7 Å². The lowest BCUT2D eigenvalue weighted by molar-refractivity contribution is 0.123. The first kappa shape index (κ1) is 17.4. The fourth-order valence-corrected chi connectivity index (χ4v) is 3.31. The second-order valence-electron chi connectivity index (χ2n) is 6.63. The average Bonchev–Trinajstić information content (AvgIpc) is 3.19. The summed E-state index contributed by atoms with van der Waals surface area (Å²) in [4.78, 5) is 6.88. The van der Waals surface area contributed by atoms with Crippen molar-refractivity contribution in [1.82, 2.24) is 14.8 Å². The van der Waals surface area contributed by atoms with Gasteiger partial charge in [0.05, 0.1) is 30.3 Å². The minimum absolute atomic E-state index is 0.647. The lowest BCUT2D eigenvalue weighted by Gasteiger charge is -2.30. The predicted octanol–water partition coefficient (Wildman–Crippen LogP) is 2.70. The minimum Gasteiger partial charge on any atom is -0.394 e. The van der Waals surface area contributed by atoms with Gasteiger partial charge in [0.2, 0.25) is 0 Å². The van der Waals surface area contributed by atoms with Crippen LogP contribution in [0.2, 0.25) is 0 Å². The highest BCUT2D eigenvalue weighted by Crippen LogP contribution is 2.32. The summed E-state index contributed by atoms with van der Waals surface area (Å²) >= 11 is 0. The third-order valence-corrected chi connectivity index (χ3v) is 4.75. The van der Waals surface area contributed by atoms with Crippen LogP contribution in [0.3, 0.4) is 0 Å². The van der Waals surface area contributed by atoms with E-state index in [4.69, 9.17) is 15.6 Å². The molecule has 7 nitrogen and oxygen atoms in total. The van der Waals surface area contributed by atoms with Crippen molar-refractivity contribution in [2.75, 3.05) is 49.3 Å². The van der Waals surface area contributed by atoms with Crippen molar-refractivity contribution in [1.29, 1.82) is 0 Å². The van der Waals surface area contributed by atoms with Crippen molar-refractivity contribution in [3.05, 3.63) is 48.2 Å². The second kappa shape index (κ2) is 7.28.